The van der Waals surface area contributed by atoms with Crippen molar-refractivity contribution in [2.45, 2.75) is 47.6 Å². The van der Waals surface area contributed by atoms with E-state index in [0.29, 0.717) is 23.6 Å². The predicted molar refractivity (Wildman–Crippen MR) is 157 cm³/mol. The molecule has 1 N–H and O–H groups in total. The first-order valence-corrected chi connectivity index (χ1v) is 14.2. The molecule has 8 nitrogen and oxygen atoms in total. The molecular weight excluding hydrogens is 528 g/mol. The number of hydrogen-bond donors (Lipinski definition) is 1. The third-order valence-electron chi connectivity index (χ3n) is 6.69. The molecule has 2 aromatic heterocycles. The summed E-state index contributed by atoms with van der Waals surface area (Å²) in [5.74, 6) is -0.905. The van der Waals surface area contributed by atoms with Gasteiger partial charge in [-0.05, 0) is 75.1 Å². The number of ether oxygens (including phenoxy) is 3. The molecule has 0 atom stereocenters. The van der Waals surface area contributed by atoms with Gasteiger partial charge in [0.05, 0.1) is 12.2 Å². The van der Waals surface area contributed by atoms with Crippen molar-refractivity contribution < 1.29 is 28.6 Å². The average molecular weight is 563 g/mol. The van der Waals surface area contributed by atoms with Crippen molar-refractivity contribution in [2.75, 3.05) is 25.1 Å². The Kier molecular flexibility index (Phi) is 9.26. The van der Waals surface area contributed by atoms with Crippen molar-refractivity contribution in [3.8, 4) is 5.75 Å². The quantitative estimate of drug-likeness (QED) is 0.164. The van der Waals surface area contributed by atoms with Crippen molar-refractivity contribution in [1.29, 1.82) is 0 Å². The van der Waals surface area contributed by atoms with Crippen molar-refractivity contribution in [3.63, 3.8) is 0 Å². The van der Waals surface area contributed by atoms with Crippen molar-refractivity contribution in [3.05, 3.63) is 81.4 Å². The summed E-state index contributed by atoms with van der Waals surface area (Å²) < 4.78 is 18.2. The van der Waals surface area contributed by atoms with Gasteiger partial charge in [0.1, 0.15) is 34.5 Å². The van der Waals surface area contributed by atoms with Gasteiger partial charge in [0.25, 0.3) is 5.91 Å². The molecule has 0 aliphatic carbocycles. The fourth-order valence-corrected chi connectivity index (χ4v) is 5.78. The van der Waals surface area contributed by atoms with Gasteiger partial charge in [-0.2, -0.15) is 0 Å². The summed E-state index contributed by atoms with van der Waals surface area (Å²) in [4.78, 5) is 39.8. The summed E-state index contributed by atoms with van der Waals surface area (Å²) in [5.41, 5.74) is 4.07. The lowest BCUT2D eigenvalue weighted by Crippen LogP contribution is -2.19. The van der Waals surface area contributed by atoms with Crippen LogP contribution in [0.15, 0.2) is 48.5 Å². The number of fused-ring (bicyclic) bond motifs is 1. The van der Waals surface area contributed by atoms with Crippen LogP contribution in [0.1, 0.15) is 68.0 Å². The maximum absolute atomic E-state index is 13.7. The van der Waals surface area contributed by atoms with Gasteiger partial charge < -0.3 is 24.1 Å². The number of esters is 2. The molecule has 1 amide bonds. The van der Waals surface area contributed by atoms with Gasteiger partial charge >= 0.3 is 11.9 Å². The van der Waals surface area contributed by atoms with Crippen molar-refractivity contribution in [1.82, 2.24) is 4.57 Å². The zero-order valence-electron chi connectivity index (χ0n) is 23.5. The van der Waals surface area contributed by atoms with E-state index in [1.165, 1.54) is 5.56 Å². The van der Waals surface area contributed by atoms with Crippen LogP contribution >= 0.6 is 11.3 Å². The van der Waals surface area contributed by atoms with Crippen LogP contribution in [0.5, 0.6) is 5.75 Å². The largest absolute Gasteiger partial charge is 0.490 e. The molecule has 0 unspecified atom stereocenters. The van der Waals surface area contributed by atoms with Crippen LogP contribution in [0.4, 0.5) is 5.00 Å². The number of hydrogen-bond acceptors (Lipinski definition) is 7. The lowest BCUT2D eigenvalue weighted by atomic mass is 10.1. The Morgan fingerprint density at radius 2 is 1.65 bits per heavy atom. The van der Waals surface area contributed by atoms with Gasteiger partial charge in [-0.3, -0.25) is 4.79 Å². The number of aryl methyl sites for hydroxylation is 3. The van der Waals surface area contributed by atoms with Gasteiger partial charge in [-0.25, -0.2) is 9.59 Å². The molecule has 210 valence electrons. The number of benzene rings is 2. The molecule has 4 aromatic rings. The highest BCUT2D eigenvalue weighted by Gasteiger charge is 2.29. The number of nitrogens with zero attached hydrogens (tertiary/aromatic N) is 1. The van der Waals surface area contributed by atoms with E-state index in [0.717, 1.165) is 34.2 Å². The molecular formula is C31H34N2O6S. The van der Waals surface area contributed by atoms with E-state index in [9.17, 15) is 14.4 Å². The molecule has 0 radical (unpaired) electrons. The van der Waals surface area contributed by atoms with E-state index >= 15 is 0 Å². The summed E-state index contributed by atoms with van der Waals surface area (Å²) in [6.45, 7) is 10.3. The second kappa shape index (κ2) is 12.8. The number of nitrogens with one attached hydrogen (secondary N) is 1. The van der Waals surface area contributed by atoms with Crippen LogP contribution in [0.3, 0.4) is 0 Å². The molecule has 2 aromatic carbocycles. The Balaban J connectivity index is 1.60. The standard InChI is InChI=1S/C31H34N2O6S/c1-6-21-14-15-24-23(18-21)19(4)26(33(24)7-2)28(34)32-29-25(30(35)37-8-3)20(5)27(40-29)31(36)39-17-16-38-22-12-10-9-11-13-22/h9-15,18H,6-8,16-17H2,1-5H3,(H,32,34). The molecule has 0 aliphatic rings. The highest BCUT2D eigenvalue weighted by atomic mass is 32.1. The fourth-order valence-electron chi connectivity index (χ4n) is 4.69. The molecule has 40 heavy (non-hydrogen) atoms. The number of anilines is 1. The van der Waals surface area contributed by atoms with E-state index < -0.39 is 11.9 Å². The second-order valence-electron chi connectivity index (χ2n) is 9.16. The van der Waals surface area contributed by atoms with E-state index in [4.69, 9.17) is 14.2 Å². The first-order chi connectivity index (χ1) is 19.3. The minimum Gasteiger partial charge on any atom is -0.490 e. The maximum atomic E-state index is 13.7. The summed E-state index contributed by atoms with van der Waals surface area (Å²) in [7, 11) is 0. The first-order valence-electron chi connectivity index (χ1n) is 13.4. The molecule has 4 rings (SSSR count). The van der Waals surface area contributed by atoms with Crippen molar-refractivity contribution in [2.24, 2.45) is 0 Å². The number of amides is 1. The second-order valence-corrected chi connectivity index (χ2v) is 10.2. The zero-order valence-corrected chi connectivity index (χ0v) is 24.3. The SMILES string of the molecule is CCOC(=O)c1c(NC(=O)c2c(C)c3cc(CC)ccc3n2CC)sc(C(=O)OCCOc2ccccc2)c1C. The van der Waals surface area contributed by atoms with E-state index in [-0.39, 0.29) is 41.2 Å². The number of carbonyl (C=O) groups excluding carboxylic acids is 3. The fraction of sp³-hybridized carbons (Fsp3) is 0.323. The Hall–Kier alpha value is -4.11. The van der Waals surface area contributed by atoms with E-state index in [1.54, 1.807) is 13.8 Å². The van der Waals surface area contributed by atoms with E-state index in [1.807, 2.05) is 54.8 Å². The number of rotatable bonds is 11. The summed E-state index contributed by atoms with van der Waals surface area (Å²) in [5, 5.41) is 4.16. The van der Waals surface area contributed by atoms with Crippen LogP contribution in [0.25, 0.3) is 10.9 Å². The Morgan fingerprint density at radius 1 is 0.900 bits per heavy atom. The van der Waals surface area contributed by atoms with Gasteiger partial charge in [0.2, 0.25) is 0 Å². The lowest BCUT2D eigenvalue weighted by Gasteiger charge is -2.10. The highest BCUT2D eigenvalue weighted by Crippen LogP contribution is 2.36. The normalized spacial score (nSPS) is 10.9. The molecule has 9 heteroatoms. The first kappa shape index (κ1) is 28.9. The lowest BCUT2D eigenvalue weighted by molar-refractivity contribution is 0.0455. The van der Waals surface area contributed by atoms with E-state index in [2.05, 4.69) is 24.4 Å². The topological polar surface area (TPSA) is 95.9 Å². The maximum Gasteiger partial charge on any atom is 0.348 e. The van der Waals surface area contributed by atoms with Crippen LogP contribution < -0.4 is 10.1 Å². The smallest absolute Gasteiger partial charge is 0.348 e. The van der Waals surface area contributed by atoms with Gasteiger partial charge in [-0.1, -0.05) is 31.2 Å². The molecule has 0 spiro atoms. The van der Waals surface area contributed by atoms with Gasteiger partial charge in [-0.15, -0.1) is 11.3 Å². The van der Waals surface area contributed by atoms with Gasteiger partial charge in [0, 0.05) is 17.4 Å². The van der Waals surface area contributed by atoms with Crippen LogP contribution in [-0.2, 0) is 22.4 Å². The monoisotopic (exact) mass is 562 g/mol. The van der Waals surface area contributed by atoms with Crippen LogP contribution in [0.2, 0.25) is 0 Å². The molecule has 0 fully saturated rings. The van der Waals surface area contributed by atoms with Crippen LogP contribution in [0, 0.1) is 13.8 Å². The van der Waals surface area contributed by atoms with Gasteiger partial charge in [0.15, 0.2) is 0 Å². The molecule has 2 heterocycles. The number of aromatic nitrogens is 1. The molecule has 0 saturated carbocycles. The summed E-state index contributed by atoms with van der Waals surface area (Å²) >= 11 is 1.00. The van der Waals surface area contributed by atoms with Crippen molar-refractivity contribution >= 4 is 45.1 Å². The molecule has 0 saturated heterocycles. The predicted octanol–water partition coefficient (Wildman–Crippen LogP) is 6.57. The average Bonchev–Trinajstić information content (AvgIpc) is 3.44. The zero-order chi connectivity index (χ0) is 28.8. The molecule has 0 bridgehead atoms. The number of thiophene rings is 1. The number of para-hydroxylation sites is 1. The third kappa shape index (κ3) is 5.89. The summed E-state index contributed by atoms with van der Waals surface area (Å²) in [6.07, 6.45) is 0.892. The minimum absolute atomic E-state index is 0.0248. The Morgan fingerprint density at radius 3 is 2.33 bits per heavy atom. The Labute approximate surface area is 237 Å². The summed E-state index contributed by atoms with van der Waals surface area (Å²) in [6, 6.07) is 15.4. The van der Waals surface area contributed by atoms with Crippen LogP contribution in [-0.4, -0.2) is 42.2 Å². The molecule has 0 aliphatic heterocycles. The Bertz CT molecular complexity index is 1540. The highest BCUT2D eigenvalue weighted by molar-refractivity contribution is 7.18. The minimum atomic E-state index is -0.613. The number of carbonyl (C=O) groups is 3. The third-order valence-corrected chi connectivity index (χ3v) is 7.87.